The normalized spacial score (nSPS) is 10.7. The number of rotatable bonds is 5. The van der Waals surface area contributed by atoms with Gasteiger partial charge in [0.1, 0.15) is 0 Å². The highest BCUT2D eigenvalue weighted by atomic mass is 32.1. The van der Waals surface area contributed by atoms with Gasteiger partial charge in [-0.25, -0.2) is 4.68 Å². The van der Waals surface area contributed by atoms with Gasteiger partial charge in [0.2, 0.25) is 0 Å². The quantitative estimate of drug-likeness (QED) is 0.749. The van der Waals surface area contributed by atoms with Gasteiger partial charge in [-0.2, -0.15) is 0 Å². The van der Waals surface area contributed by atoms with Gasteiger partial charge in [-0.1, -0.05) is 0 Å². The van der Waals surface area contributed by atoms with Crippen LogP contribution in [0.25, 0.3) is 10.7 Å². The van der Waals surface area contributed by atoms with Crippen molar-refractivity contribution in [1.82, 2.24) is 25.2 Å². The van der Waals surface area contributed by atoms with E-state index in [-0.39, 0.29) is 0 Å². The summed E-state index contributed by atoms with van der Waals surface area (Å²) in [6, 6.07) is 0. The third kappa shape index (κ3) is 2.37. The smallest absolute Gasteiger partial charge is 0.193 e. The molecule has 0 saturated carbocycles. The van der Waals surface area contributed by atoms with Gasteiger partial charge in [-0.15, -0.1) is 16.4 Å². The van der Waals surface area contributed by atoms with Crippen molar-refractivity contribution in [2.24, 2.45) is 5.73 Å². The van der Waals surface area contributed by atoms with E-state index < -0.39 is 0 Å². The highest BCUT2D eigenvalue weighted by Gasteiger charge is 2.09. The minimum atomic E-state index is 0.706. The molecular weight excluding hydrogens is 212 g/mol. The molecule has 0 aliphatic heterocycles. The molecule has 80 valence electrons. The molecule has 0 spiro atoms. The van der Waals surface area contributed by atoms with Crippen LogP contribution in [0.2, 0.25) is 0 Å². The summed E-state index contributed by atoms with van der Waals surface area (Å²) in [4.78, 5) is 5.00. The number of aromatic nitrogens is 5. The summed E-state index contributed by atoms with van der Waals surface area (Å²) < 4.78 is 1.79. The summed E-state index contributed by atoms with van der Waals surface area (Å²) in [5.74, 6) is 0.787. The number of hydrogen-bond donors (Lipinski definition) is 1. The van der Waals surface area contributed by atoms with Gasteiger partial charge in [0.05, 0.1) is 10.4 Å². The van der Waals surface area contributed by atoms with Gasteiger partial charge in [0.25, 0.3) is 0 Å². The Morgan fingerprint density at radius 3 is 3.07 bits per heavy atom. The van der Waals surface area contributed by atoms with E-state index in [1.165, 1.54) is 11.3 Å². The first kappa shape index (κ1) is 10.2. The lowest BCUT2D eigenvalue weighted by atomic mass is 10.3. The van der Waals surface area contributed by atoms with E-state index in [1.807, 2.05) is 0 Å². The van der Waals surface area contributed by atoms with E-state index in [9.17, 15) is 0 Å². The zero-order chi connectivity index (χ0) is 10.5. The topological polar surface area (TPSA) is 82.5 Å². The Morgan fingerprint density at radius 1 is 1.40 bits per heavy atom. The van der Waals surface area contributed by atoms with Crippen LogP contribution >= 0.6 is 11.3 Å². The standard InChI is InChI=1S/C8H12N6S/c9-3-1-2-4-14-8(11-12-13-14)7-5-10-6-15-7/h5-6H,1-4,9H2. The van der Waals surface area contributed by atoms with Crippen molar-refractivity contribution in [3.05, 3.63) is 11.7 Å². The molecule has 0 aliphatic rings. The van der Waals surface area contributed by atoms with Crippen molar-refractivity contribution >= 4 is 11.3 Å². The largest absolute Gasteiger partial charge is 0.330 e. The minimum Gasteiger partial charge on any atom is -0.330 e. The predicted molar refractivity (Wildman–Crippen MR) is 57.2 cm³/mol. The maximum Gasteiger partial charge on any atom is 0.193 e. The molecule has 2 rings (SSSR count). The third-order valence-electron chi connectivity index (χ3n) is 2.01. The maximum absolute atomic E-state index is 5.43. The second kappa shape index (κ2) is 4.94. The van der Waals surface area contributed by atoms with E-state index in [0.29, 0.717) is 6.54 Å². The van der Waals surface area contributed by atoms with Crippen LogP contribution in [0.3, 0.4) is 0 Å². The Balaban J connectivity index is 2.09. The highest BCUT2D eigenvalue weighted by molar-refractivity contribution is 7.13. The summed E-state index contributed by atoms with van der Waals surface area (Å²) in [5.41, 5.74) is 7.20. The molecule has 2 N–H and O–H groups in total. The van der Waals surface area contributed by atoms with Gasteiger partial charge in [0, 0.05) is 12.7 Å². The van der Waals surface area contributed by atoms with Crippen molar-refractivity contribution < 1.29 is 0 Å². The highest BCUT2D eigenvalue weighted by Crippen LogP contribution is 2.19. The summed E-state index contributed by atoms with van der Waals surface area (Å²) in [6.07, 6.45) is 3.76. The number of unbranched alkanes of at least 4 members (excludes halogenated alkanes) is 1. The SMILES string of the molecule is NCCCCn1nnnc1-c1cncs1. The third-order valence-corrected chi connectivity index (χ3v) is 2.78. The Hall–Kier alpha value is -1.34. The van der Waals surface area contributed by atoms with E-state index in [2.05, 4.69) is 20.5 Å². The molecule has 2 aromatic heterocycles. The van der Waals surface area contributed by atoms with Crippen molar-refractivity contribution in [1.29, 1.82) is 0 Å². The Labute approximate surface area is 91.1 Å². The molecular formula is C8H12N6S. The average molecular weight is 224 g/mol. The van der Waals surface area contributed by atoms with Gasteiger partial charge in [-0.3, -0.25) is 4.98 Å². The molecule has 0 fully saturated rings. The number of thiazole rings is 1. The minimum absolute atomic E-state index is 0.706. The summed E-state index contributed by atoms with van der Waals surface area (Å²) >= 11 is 1.53. The molecule has 0 atom stereocenters. The average Bonchev–Trinajstić information content (AvgIpc) is 2.87. The van der Waals surface area contributed by atoms with Crippen LogP contribution in [0, 0.1) is 0 Å². The molecule has 0 amide bonds. The molecule has 6 nitrogen and oxygen atoms in total. The first-order valence-electron chi connectivity index (χ1n) is 4.77. The lowest BCUT2D eigenvalue weighted by molar-refractivity contribution is 0.549. The zero-order valence-corrected chi connectivity index (χ0v) is 9.02. The maximum atomic E-state index is 5.43. The zero-order valence-electron chi connectivity index (χ0n) is 8.20. The molecule has 7 heteroatoms. The molecule has 2 aromatic rings. The molecule has 0 aromatic carbocycles. The second-order valence-corrected chi connectivity index (χ2v) is 3.97. The van der Waals surface area contributed by atoms with Crippen LogP contribution in [-0.4, -0.2) is 31.7 Å². The van der Waals surface area contributed by atoms with Crippen LogP contribution in [-0.2, 0) is 6.54 Å². The number of nitrogens with zero attached hydrogens (tertiary/aromatic N) is 5. The van der Waals surface area contributed by atoms with Crippen LogP contribution in [0.1, 0.15) is 12.8 Å². The van der Waals surface area contributed by atoms with Crippen LogP contribution in [0.15, 0.2) is 11.7 Å². The molecule has 0 unspecified atom stereocenters. The molecule has 0 saturated heterocycles. The van der Waals surface area contributed by atoms with Crippen LogP contribution in [0.5, 0.6) is 0 Å². The van der Waals surface area contributed by atoms with E-state index in [4.69, 9.17) is 5.73 Å². The van der Waals surface area contributed by atoms with Gasteiger partial charge in [0.15, 0.2) is 5.82 Å². The first-order valence-corrected chi connectivity index (χ1v) is 5.65. The number of nitrogens with two attached hydrogens (primary N) is 1. The Bertz CT molecular complexity index is 395. The fraction of sp³-hybridized carbons (Fsp3) is 0.500. The molecule has 2 heterocycles. The molecule has 0 aliphatic carbocycles. The first-order chi connectivity index (χ1) is 7.42. The number of hydrogen-bond acceptors (Lipinski definition) is 6. The molecule has 0 radical (unpaired) electrons. The van der Waals surface area contributed by atoms with Gasteiger partial charge in [-0.05, 0) is 29.8 Å². The van der Waals surface area contributed by atoms with Crippen LogP contribution < -0.4 is 5.73 Å². The lowest BCUT2D eigenvalue weighted by Gasteiger charge is -2.01. The van der Waals surface area contributed by atoms with Crippen molar-refractivity contribution in [3.63, 3.8) is 0 Å². The summed E-state index contributed by atoms with van der Waals surface area (Å²) in [5, 5.41) is 11.6. The Kier molecular flexibility index (Phi) is 3.36. The fourth-order valence-electron chi connectivity index (χ4n) is 1.26. The fourth-order valence-corrected chi connectivity index (χ4v) is 1.87. The van der Waals surface area contributed by atoms with Gasteiger partial charge < -0.3 is 5.73 Å². The van der Waals surface area contributed by atoms with E-state index >= 15 is 0 Å². The molecule has 15 heavy (non-hydrogen) atoms. The number of tetrazole rings is 1. The monoisotopic (exact) mass is 224 g/mol. The van der Waals surface area contributed by atoms with E-state index in [0.717, 1.165) is 30.1 Å². The van der Waals surface area contributed by atoms with Crippen molar-refractivity contribution in [2.75, 3.05) is 6.54 Å². The van der Waals surface area contributed by atoms with Crippen molar-refractivity contribution in [3.8, 4) is 10.7 Å². The molecule has 0 bridgehead atoms. The predicted octanol–water partition coefficient (Wildman–Crippen LogP) is 0.535. The summed E-state index contributed by atoms with van der Waals surface area (Å²) in [6.45, 7) is 1.51. The van der Waals surface area contributed by atoms with Crippen molar-refractivity contribution in [2.45, 2.75) is 19.4 Å². The van der Waals surface area contributed by atoms with Gasteiger partial charge >= 0.3 is 0 Å². The Morgan fingerprint density at radius 2 is 2.33 bits per heavy atom. The lowest BCUT2D eigenvalue weighted by Crippen LogP contribution is -2.05. The van der Waals surface area contributed by atoms with Crippen LogP contribution in [0.4, 0.5) is 0 Å². The summed E-state index contributed by atoms with van der Waals surface area (Å²) in [7, 11) is 0. The number of aryl methyl sites for hydroxylation is 1. The van der Waals surface area contributed by atoms with E-state index in [1.54, 1.807) is 16.4 Å². The second-order valence-electron chi connectivity index (χ2n) is 3.09.